The van der Waals surface area contributed by atoms with Crippen LogP contribution in [0.15, 0.2) is 24.5 Å². The Morgan fingerprint density at radius 1 is 1.40 bits per heavy atom. The monoisotopic (exact) mass is 219 g/mol. The zero-order valence-corrected chi connectivity index (χ0v) is 7.78. The van der Waals surface area contributed by atoms with E-state index < -0.39 is 18.2 Å². The molecule has 0 aliphatic heterocycles. The van der Waals surface area contributed by atoms with Gasteiger partial charge in [0.25, 0.3) is 0 Å². The summed E-state index contributed by atoms with van der Waals surface area (Å²) in [7, 11) is 0. The second kappa shape index (κ2) is 4.29. The quantitative estimate of drug-likeness (QED) is 0.716. The number of carbonyl (C=O) groups is 1. The smallest absolute Gasteiger partial charge is 0.429 e. The van der Waals surface area contributed by atoms with E-state index in [1.165, 1.54) is 12.4 Å². The Morgan fingerprint density at radius 2 is 1.93 bits per heavy atom. The first-order valence-corrected chi connectivity index (χ1v) is 4.05. The lowest BCUT2D eigenvalue weighted by molar-refractivity contribution is -0.223. The number of alkyl halides is 3. The number of carbonyl (C=O) groups excluding carboxylic acids is 1. The third-order valence-electron chi connectivity index (χ3n) is 1.59. The van der Waals surface area contributed by atoms with Gasteiger partial charge in [-0.15, -0.1) is 0 Å². The van der Waals surface area contributed by atoms with Crippen LogP contribution in [0.5, 0.6) is 0 Å². The van der Waals surface area contributed by atoms with Crippen LogP contribution in [-0.4, -0.2) is 17.1 Å². The van der Waals surface area contributed by atoms with Gasteiger partial charge >= 0.3 is 12.1 Å². The fraction of sp³-hybridized carbons (Fsp3) is 0.333. The molecule has 0 bridgehead atoms. The van der Waals surface area contributed by atoms with Gasteiger partial charge in [-0.1, -0.05) is 0 Å². The number of aromatic nitrogens is 1. The lowest BCUT2D eigenvalue weighted by Crippen LogP contribution is -2.25. The molecular weight excluding hydrogens is 211 g/mol. The molecular formula is C9H8F3NO2. The molecule has 1 aromatic heterocycles. The summed E-state index contributed by atoms with van der Waals surface area (Å²) in [6, 6.07) is 2.31. The van der Waals surface area contributed by atoms with Crippen molar-refractivity contribution in [3.05, 3.63) is 30.1 Å². The summed E-state index contributed by atoms with van der Waals surface area (Å²) in [6.07, 6.45) is -4.43. The molecule has 0 amide bonds. The summed E-state index contributed by atoms with van der Waals surface area (Å²) >= 11 is 0. The Kier molecular flexibility index (Phi) is 3.28. The molecule has 0 fully saturated rings. The molecule has 0 saturated carbocycles. The zero-order valence-electron chi connectivity index (χ0n) is 7.78. The van der Waals surface area contributed by atoms with Crippen molar-refractivity contribution in [2.75, 3.05) is 0 Å². The maximum Gasteiger partial charge on any atom is 0.429 e. The van der Waals surface area contributed by atoms with E-state index >= 15 is 0 Å². The SMILES string of the molecule is CC(=O)OC(c1ccncc1)C(F)(F)F. The minimum Gasteiger partial charge on any atom is -0.448 e. The first kappa shape index (κ1) is 11.5. The average Bonchev–Trinajstić information content (AvgIpc) is 2.14. The van der Waals surface area contributed by atoms with Crippen LogP contribution in [0.2, 0.25) is 0 Å². The van der Waals surface area contributed by atoms with Gasteiger partial charge < -0.3 is 4.74 Å². The van der Waals surface area contributed by atoms with Crippen molar-refractivity contribution in [2.45, 2.75) is 19.2 Å². The van der Waals surface area contributed by atoms with Gasteiger partial charge in [-0.2, -0.15) is 13.2 Å². The van der Waals surface area contributed by atoms with Gasteiger partial charge in [0.2, 0.25) is 6.10 Å². The molecule has 0 aliphatic rings. The van der Waals surface area contributed by atoms with E-state index in [9.17, 15) is 18.0 Å². The van der Waals surface area contributed by atoms with Crippen LogP contribution < -0.4 is 0 Å². The second-order valence-corrected chi connectivity index (χ2v) is 2.81. The van der Waals surface area contributed by atoms with E-state index in [4.69, 9.17) is 0 Å². The number of hydrogen-bond donors (Lipinski definition) is 0. The fourth-order valence-electron chi connectivity index (χ4n) is 1.03. The van der Waals surface area contributed by atoms with Gasteiger partial charge in [0.15, 0.2) is 0 Å². The average molecular weight is 219 g/mol. The molecule has 0 saturated heterocycles. The van der Waals surface area contributed by atoms with Crippen LogP contribution in [0.4, 0.5) is 13.2 Å². The van der Waals surface area contributed by atoms with Crippen molar-refractivity contribution in [1.29, 1.82) is 0 Å². The molecule has 0 spiro atoms. The van der Waals surface area contributed by atoms with Crippen LogP contribution in [-0.2, 0) is 9.53 Å². The summed E-state index contributed by atoms with van der Waals surface area (Å²) in [5.41, 5.74) is -0.146. The van der Waals surface area contributed by atoms with Crippen molar-refractivity contribution >= 4 is 5.97 Å². The summed E-state index contributed by atoms with van der Waals surface area (Å²) in [5, 5.41) is 0. The molecule has 3 nitrogen and oxygen atoms in total. The number of nitrogens with zero attached hydrogens (tertiary/aromatic N) is 1. The Bertz CT molecular complexity index is 337. The number of ether oxygens (including phenoxy) is 1. The molecule has 0 aromatic carbocycles. The van der Waals surface area contributed by atoms with Gasteiger partial charge in [-0.25, -0.2) is 0 Å². The van der Waals surface area contributed by atoms with Crippen LogP contribution >= 0.6 is 0 Å². The topological polar surface area (TPSA) is 39.2 Å². The maximum absolute atomic E-state index is 12.5. The highest BCUT2D eigenvalue weighted by molar-refractivity contribution is 5.66. The Morgan fingerprint density at radius 3 is 2.33 bits per heavy atom. The number of rotatable bonds is 2. The summed E-state index contributed by atoms with van der Waals surface area (Å²) in [5.74, 6) is -0.978. The molecule has 0 aliphatic carbocycles. The van der Waals surface area contributed by atoms with Gasteiger partial charge in [0.05, 0.1) is 0 Å². The standard InChI is InChI=1S/C9H8F3NO2/c1-6(14)15-8(9(10,11)12)7-2-4-13-5-3-7/h2-5,8H,1H3. The van der Waals surface area contributed by atoms with E-state index in [1.807, 2.05) is 0 Å². The summed E-state index contributed by atoms with van der Waals surface area (Å²) < 4.78 is 41.6. The Labute approximate surface area is 83.9 Å². The van der Waals surface area contributed by atoms with Crippen molar-refractivity contribution in [3.63, 3.8) is 0 Å². The molecule has 15 heavy (non-hydrogen) atoms. The van der Waals surface area contributed by atoms with E-state index in [2.05, 4.69) is 9.72 Å². The number of pyridine rings is 1. The summed E-state index contributed by atoms with van der Waals surface area (Å²) in [4.78, 5) is 14.1. The van der Waals surface area contributed by atoms with Crippen LogP contribution in [0.1, 0.15) is 18.6 Å². The first-order chi connectivity index (χ1) is 6.91. The summed E-state index contributed by atoms with van der Waals surface area (Å²) in [6.45, 7) is 0.930. The van der Waals surface area contributed by atoms with Gasteiger partial charge in [0.1, 0.15) is 0 Å². The highest BCUT2D eigenvalue weighted by atomic mass is 19.4. The molecule has 1 aromatic rings. The Balaban J connectivity index is 2.97. The normalized spacial score (nSPS) is 13.3. The molecule has 1 heterocycles. The van der Waals surface area contributed by atoms with E-state index in [1.54, 1.807) is 0 Å². The van der Waals surface area contributed by atoms with Crippen molar-refractivity contribution in [2.24, 2.45) is 0 Å². The molecule has 1 unspecified atom stereocenters. The molecule has 6 heteroatoms. The van der Waals surface area contributed by atoms with E-state index in [0.29, 0.717) is 0 Å². The predicted octanol–water partition coefficient (Wildman–Crippen LogP) is 2.25. The van der Waals surface area contributed by atoms with Crippen molar-refractivity contribution in [1.82, 2.24) is 4.98 Å². The van der Waals surface area contributed by atoms with Crippen LogP contribution in [0.3, 0.4) is 0 Å². The third-order valence-corrected chi connectivity index (χ3v) is 1.59. The molecule has 1 atom stereocenters. The number of esters is 1. The molecule has 0 radical (unpaired) electrons. The number of hydrogen-bond acceptors (Lipinski definition) is 3. The number of halogens is 3. The largest absolute Gasteiger partial charge is 0.448 e. The minimum atomic E-state index is -4.62. The van der Waals surface area contributed by atoms with Crippen molar-refractivity contribution in [3.8, 4) is 0 Å². The van der Waals surface area contributed by atoms with Crippen LogP contribution in [0.25, 0.3) is 0 Å². The minimum absolute atomic E-state index is 0.146. The van der Waals surface area contributed by atoms with Gasteiger partial charge in [0, 0.05) is 24.9 Å². The fourth-order valence-corrected chi connectivity index (χ4v) is 1.03. The lowest BCUT2D eigenvalue weighted by atomic mass is 10.1. The molecule has 0 N–H and O–H groups in total. The van der Waals surface area contributed by atoms with E-state index in [0.717, 1.165) is 19.1 Å². The highest BCUT2D eigenvalue weighted by Gasteiger charge is 2.43. The Hall–Kier alpha value is -1.59. The first-order valence-electron chi connectivity index (χ1n) is 4.05. The second-order valence-electron chi connectivity index (χ2n) is 2.81. The van der Waals surface area contributed by atoms with Gasteiger partial charge in [-0.05, 0) is 12.1 Å². The van der Waals surface area contributed by atoms with Crippen molar-refractivity contribution < 1.29 is 22.7 Å². The lowest BCUT2D eigenvalue weighted by Gasteiger charge is -2.19. The molecule has 1 rings (SSSR count). The van der Waals surface area contributed by atoms with Crippen LogP contribution in [0, 0.1) is 0 Å². The maximum atomic E-state index is 12.5. The highest BCUT2D eigenvalue weighted by Crippen LogP contribution is 2.35. The van der Waals surface area contributed by atoms with Gasteiger partial charge in [-0.3, -0.25) is 9.78 Å². The predicted molar refractivity (Wildman–Crippen MR) is 44.8 cm³/mol. The molecule has 82 valence electrons. The van der Waals surface area contributed by atoms with E-state index in [-0.39, 0.29) is 5.56 Å². The third kappa shape index (κ3) is 3.23. The zero-order chi connectivity index (χ0) is 11.5.